The van der Waals surface area contributed by atoms with E-state index in [0.29, 0.717) is 18.0 Å². The fourth-order valence-corrected chi connectivity index (χ4v) is 2.97. The van der Waals surface area contributed by atoms with Crippen molar-refractivity contribution >= 4 is 28.4 Å². The van der Waals surface area contributed by atoms with Gasteiger partial charge < -0.3 is 10.7 Å². The maximum absolute atomic E-state index is 11.9. The smallest absolute Gasteiger partial charge is 0.327 e. The van der Waals surface area contributed by atoms with Crippen LogP contribution in [0.15, 0.2) is 16.9 Å². The van der Waals surface area contributed by atoms with Gasteiger partial charge in [0, 0.05) is 11.4 Å². The highest BCUT2D eigenvalue weighted by atomic mass is 32.1. The number of carbonyl (C=O) groups is 1. The summed E-state index contributed by atoms with van der Waals surface area (Å²) in [6.45, 7) is 4.24. The van der Waals surface area contributed by atoms with Crippen LogP contribution in [0.3, 0.4) is 0 Å². The van der Waals surface area contributed by atoms with Gasteiger partial charge in [0.15, 0.2) is 17.2 Å². The van der Waals surface area contributed by atoms with Crippen molar-refractivity contribution in [2.75, 3.05) is 0 Å². The molecule has 108 valence electrons. The Labute approximate surface area is 123 Å². The number of aromatic amines is 1. The number of nitrogens with two attached hydrogens (primary N) is 1. The summed E-state index contributed by atoms with van der Waals surface area (Å²) in [7, 11) is 0. The summed E-state index contributed by atoms with van der Waals surface area (Å²) in [4.78, 5) is 36.7. The SMILES string of the molecule is CCn1c(=O)[nH]c2c(C(N)=O)nc(-c3ccc(C)s3)nc21. The third-order valence-electron chi connectivity index (χ3n) is 3.13. The fourth-order valence-electron chi connectivity index (χ4n) is 2.17. The van der Waals surface area contributed by atoms with E-state index in [1.807, 2.05) is 26.0 Å². The Hall–Kier alpha value is -2.48. The number of hydrogen-bond acceptors (Lipinski definition) is 5. The van der Waals surface area contributed by atoms with E-state index in [4.69, 9.17) is 5.73 Å². The van der Waals surface area contributed by atoms with Crippen LogP contribution in [0.25, 0.3) is 21.9 Å². The molecule has 0 aromatic carbocycles. The quantitative estimate of drug-likeness (QED) is 0.760. The number of aryl methyl sites for hydroxylation is 2. The summed E-state index contributed by atoms with van der Waals surface area (Å²) in [5, 5.41) is 0. The molecule has 0 fully saturated rings. The molecule has 7 nitrogen and oxygen atoms in total. The summed E-state index contributed by atoms with van der Waals surface area (Å²) >= 11 is 1.52. The molecule has 3 aromatic heterocycles. The van der Waals surface area contributed by atoms with Crippen molar-refractivity contribution in [3.63, 3.8) is 0 Å². The molecule has 0 aliphatic heterocycles. The van der Waals surface area contributed by atoms with Gasteiger partial charge in [0.05, 0.1) is 4.88 Å². The van der Waals surface area contributed by atoms with Crippen molar-refractivity contribution in [1.82, 2.24) is 19.5 Å². The predicted molar refractivity (Wildman–Crippen MR) is 80.4 cm³/mol. The van der Waals surface area contributed by atoms with Gasteiger partial charge in [-0.2, -0.15) is 0 Å². The number of thiophene rings is 1. The molecule has 0 bridgehead atoms. The maximum Gasteiger partial charge on any atom is 0.327 e. The highest BCUT2D eigenvalue weighted by Crippen LogP contribution is 2.26. The van der Waals surface area contributed by atoms with Gasteiger partial charge in [0.1, 0.15) is 5.52 Å². The Bertz CT molecular complexity index is 905. The van der Waals surface area contributed by atoms with Crippen LogP contribution < -0.4 is 11.4 Å². The monoisotopic (exact) mass is 303 g/mol. The van der Waals surface area contributed by atoms with Crippen molar-refractivity contribution in [3.05, 3.63) is 33.2 Å². The summed E-state index contributed by atoms with van der Waals surface area (Å²) in [5.41, 5.74) is 5.76. The van der Waals surface area contributed by atoms with Crippen LogP contribution in [0.4, 0.5) is 0 Å². The Morgan fingerprint density at radius 1 is 1.43 bits per heavy atom. The highest BCUT2D eigenvalue weighted by Gasteiger charge is 2.19. The molecule has 3 aromatic rings. The first-order chi connectivity index (χ1) is 10.0. The van der Waals surface area contributed by atoms with Gasteiger partial charge in [-0.3, -0.25) is 9.36 Å². The first kappa shape index (κ1) is 13.5. The molecule has 0 spiro atoms. The molecule has 8 heteroatoms. The standard InChI is InChI=1S/C13H13N5O2S/c1-3-18-12-9(16-13(18)20)8(10(14)19)15-11(17-12)7-5-4-6(2)21-7/h4-5H,3H2,1-2H3,(H2,14,19)(H,16,20). The normalized spacial score (nSPS) is 11.1. The maximum atomic E-state index is 11.9. The minimum atomic E-state index is -0.693. The van der Waals surface area contributed by atoms with Crippen LogP contribution in [0.5, 0.6) is 0 Å². The summed E-state index contributed by atoms with van der Waals surface area (Å²) < 4.78 is 1.45. The lowest BCUT2D eigenvalue weighted by molar-refractivity contribution is 0.0997. The Morgan fingerprint density at radius 3 is 2.76 bits per heavy atom. The van der Waals surface area contributed by atoms with Crippen LogP contribution in [-0.4, -0.2) is 25.4 Å². The molecular weight excluding hydrogens is 290 g/mol. The molecule has 21 heavy (non-hydrogen) atoms. The second-order valence-electron chi connectivity index (χ2n) is 4.54. The molecule has 1 amide bonds. The molecule has 0 radical (unpaired) electrons. The van der Waals surface area contributed by atoms with E-state index < -0.39 is 5.91 Å². The van der Waals surface area contributed by atoms with E-state index in [1.54, 1.807) is 0 Å². The van der Waals surface area contributed by atoms with Crippen LogP contribution in [-0.2, 0) is 6.54 Å². The van der Waals surface area contributed by atoms with E-state index in [-0.39, 0.29) is 16.9 Å². The Kier molecular flexibility index (Phi) is 3.09. The number of H-pyrrole nitrogens is 1. The van der Waals surface area contributed by atoms with E-state index in [9.17, 15) is 9.59 Å². The molecule has 0 saturated carbocycles. The second kappa shape index (κ2) is 4.81. The van der Waals surface area contributed by atoms with Gasteiger partial charge in [-0.25, -0.2) is 14.8 Å². The number of hydrogen-bond donors (Lipinski definition) is 2. The fraction of sp³-hybridized carbons (Fsp3) is 0.231. The average Bonchev–Trinajstić information content (AvgIpc) is 2.99. The van der Waals surface area contributed by atoms with E-state index in [2.05, 4.69) is 15.0 Å². The van der Waals surface area contributed by atoms with Crippen molar-refractivity contribution in [1.29, 1.82) is 0 Å². The van der Waals surface area contributed by atoms with Gasteiger partial charge in [0.25, 0.3) is 5.91 Å². The molecule has 0 unspecified atom stereocenters. The number of aromatic nitrogens is 4. The van der Waals surface area contributed by atoms with Gasteiger partial charge in [0.2, 0.25) is 0 Å². The summed E-state index contributed by atoms with van der Waals surface area (Å²) in [5.74, 6) is -0.294. The zero-order valence-corrected chi connectivity index (χ0v) is 12.3. The number of carbonyl (C=O) groups excluding carboxylic acids is 1. The lowest BCUT2D eigenvalue weighted by atomic mass is 10.3. The van der Waals surface area contributed by atoms with Crippen molar-refractivity contribution in [3.8, 4) is 10.7 Å². The van der Waals surface area contributed by atoms with E-state index in [0.717, 1.165) is 9.75 Å². The van der Waals surface area contributed by atoms with Crippen LogP contribution in [0, 0.1) is 6.92 Å². The van der Waals surface area contributed by atoms with Crippen molar-refractivity contribution in [2.24, 2.45) is 5.73 Å². The molecule has 3 heterocycles. The topological polar surface area (TPSA) is 107 Å². The van der Waals surface area contributed by atoms with Crippen LogP contribution in [0.2, 0.25) is 0 Å². The van der Waals surface area contributed by atoms with Gasteiger partial charge >= 0.3 is 5.69 Å². The molecule has 3 N–H and O–H groups in total. The van der Waals surface area contributed by atoms with Gasteiger partial charge in [-0.15, -0.1) is 11.3 Å². The minimum Gasteiger partial charge on any atom is -0.364 e. The second-order valence-corrected chi connectivity index (χ2v) is 5.83. The lowest BCUT2D eigenvalue weighted by Crippen LogP contribution is -2.15. The van der Waals surface area contributed by atoms with E-state index in [1.165, 1.54) is 15.9 Å². The number of nitrogens with zero attached hydrogens (tertiary/aromatic N) is 3. The van der Waals surface area contributed by atoms with Crippen LogP contribution in [0.1, 0.15) is 22.3 Å². The third-order valence-corrected chi connectivity index (χ3v) is 4.13. The number of primary amides is 1. The van der Waals surface area contributed by atoms with E-state index >= 15 is 0 Å². The van der Waals surface area contributed by atoms with Gasteiger partial charge in [-0.1, -0.05) is 0 Å². The lowest BCUT2D eigenvalue weighted by Gasteiger charge is -2.03. The zero-order chi connectivity index (χ0) is 15.1. The third kappa shape index (κ3) is 2.13. The number of rotatable bonds is 3. The first-order valence-electron chi connectivity index (χ1n) is 6.38. The summed E-state index contributed by atoms with van der Waals surface area (Å²) in [6, 6.07) is 3.83. The molecule has 3 rings (SSSR count). The molecule has 0 aliphatic carbocycles. The average molecular weight is 303 g/mol. The van der Waals surface area contributed by atoms with Crippen molar-refractivity contribution in [2.45, 2.75) is 20.4 Å². The molecule has 0 saturated heterocycles. The number of nitrogens with one attached hydrogen (secondary N) is 1. The summed E-state index contributed by atoms with van der Waals surface area (Å²) in [6.07, 6.45) is 0. The predicted octanol–water partition coefficient (Wildman–Crippen LogP) is 1.28. The van der Waals surface area contributed by atoms with Gasteiger partial charge in [-0.05, 0) is 26.0 Å². The Balaban J connectivity index is 2.38. The van der Waals surface area contributed by atoms with Crippen LogP contribution >= 0.6 is 11.3 Å². The highest BCUT2D eigenvalue weighted by molar-refractivity contribution is 7.15. The first-order valence-corrected chi connectivity index (χ1v) is 7.20. The zero-order valence-electron chi connectivity index (χ0n) is 11.5. The van der Waals surface area contributed by atoms with Crippen molar-refractivity contribution < 1.29 is 4.79 Å². The number of fused-ring (bicyclic) bond motifs is 1. The molecular formula is C13H13N5O2S. The Morgan fingerprint density at radius 2 is 2.19 bits per heavy atom. The number of amides is 1. The largest absolute Gasteiger partial charge is 0.364 e. The minimum absolute atomic E-state index is 0.0327. The molecule has 0 aliphatic rings. The number of imidazole rings is 1. The molecule has 0 atom stereocenters.